The van der Waals surface area contributed by atoms with Gasteiger partial charge in [0.25, 0.3) is 0 Å². The van der Waals surface area contributed by atoms with Crippen LogP contribution in [0.15, 0.2) is 80.5 Å². The summed E-state index contributed by atoms with van der Waals surface area (Å²) in [5.74, 6) is 2.45. The minimum Gasteiger partial charge on any atom is -0.467 e. The molecule has 4 aromatic heterocycles. The second-order valence-corrected chi connectivity index (χ2v) is 8.86. The molecule has 0 unspecified atom stereocenters. The van der Waals surface area contributed by atoms with Crippen LogP contribution in [0.2, 0.25) is 0 Å². The van der Waals surface area contributed by atoms with E-state index in [2.05, 4.69) is 37.0 Å². The molecule has 0 spiro atoms. The Morgan fingerprint density at radius 2 is 1.90 bits per heavy atom. The van der Waals surface area contributed by atoms with Gasteiger partial charge in [0.1, 0.15) is 10.8 Å². The molecule has 0 amide bonds. The van der Waals surface area contributed by atoms with Crippen molar-refractivity contribution in [1.29, 1.82) is 0 Å². The van der Waals surface area contributed by atoms with E-state index < -0.39 is 0 Å². The minimum atomic E-state index is 0.587. The first-order valence-corrected chi connectivity index (χ1v) is 11.8. The Kier molecular flexibility index (Phi) is 5.29. The van der Waals surface area contributed by atoms with Gasteiger partial charge in [-0.1, -0.05) is 42.1 Å². The van der Waals surface area contributed by atoms with Gasteiger partial charge in [0.2, 0.25) is 0 Å². The van der Waals surface area contributed by atoms with Crippen molar-refractivity contribution in [2.75, 3.05) is 0 Å². The van der Waals surface area contributed by atoms with Gasteiger partial charge in [-0.05, 0) is 23.6 Å². The Labute approximate surface area is 180 Å². The van der Waals surface area contributed by atoms with E-state index in [9.17, 15) is 0 Å². The molecule has 29 heavy (non-hydrogen) atoms. The molecule has 0 bridgehead atoms. The van der Waals surface area contributed by atoms with Crippen LogP contribution in [-0.2, 0) is 12.3 Å². The molecule has 0 N–H and O–H groups in total. The predicted octanol–water partition coefficient (Wildman–Crippen LogP) is 6.06. The van der Waals surface area contributed by atoms with Gasteiger partial charge in [-0.3, -0.25) is 4.57 Å². The summed E-state index contributed by atoms with van der Waals surface area (Å²) in [6.45, 7) is 0.587. The Bertz CT molecular complexity index is 1180. The average molecular weight is 437 g/mol. The van der Waals surface area contributed by atoms with Crippen LogP contribution in [0.3, 0.4) is 0 Å². The second kappa shape index (κ2) is 8.36. The molecule has 0 saturated heterocycles. The number of nitrogens with zero attached hydrogens (tertiary/aromatic N) is 4. The van der Waals surface area contributed by atoms with Gasteiger partial charge in [-0.15, -0.1) is 21.5 Å². The lowest BCUT2D eigenvalue weighted by molar-refractivity contribution is 0.485. The Morgan fingerprint density at radius 1 is 0.966 bits per heavy atom. The van der Waals surface area contributed by atoms with E-state index in [0.717, 1.165) is 38.8 Å². The molecule has 4 heterocycles. The van der Waals surface area contributed by atoms with E-state index in [1.807, 2.05) is 42.5 Å². The molecule has 5 aromatic rings. The van der Waals surface area contributed by atoms with E-state index in [1.165, 1.54) is 5.56 Å². The fraction of sp³-hybridized carbons (Fsp3) is 0.0952. The highest BCUT2D eigenvalue weighted by Gasteiger charge is 2.16. The summed E-state index contributed by atoms with van der Waals surface area (Å²) in [4.78, 5) is 4.77. The molecule has 5 nitrogen and oxygen atoms in total. The van der Waals surface area contributed by atoms with E-state index >= 15 is 0 Å². The maximum absolute atomic E-state index is 5.56. The number of thiazole rings is 1. The number of furan rings is 1. The van der Waals surface area contributed by atoms with Crippen LogP contribution in [0.5, 0.6) is 0 Å². The zero-order chi connectivity index (χ0) is 19.5. The smallest absolute Gasteiger partial charge is 0.192 e. The second-order valence-electron chi connectivity index (χ2n) is 6.28. The minimum absolute atomic E-state index is 0.587. The zero-order valence-corrected chi connectivity index (χ0v) is 17.7. The molecule has 0 aliphatic carbocycles. The van der Waals surface area contributed by atoms with Gasteiger partial charge in [-0.25, -0.2) is 4.98 Å². The molecule has 0 atom stereocenters. The summed E-state index contributed by atoms with van der Waals surface area (Å²) in [6, 6.07) is 16.1. The Hall–Kier alpha value is -2.68. The van der Waals surface area contributed by atoms with Crippen molar-refractivity contribution in [2.45, 2.75) is 17.5 Å². The molecule has 8 heteroatoms. The van der Waals surface area contributed by atoms with Gasteiger partial charge in [-0.2, -0.15) is 11.3 Å². The van der Waals surface area contributed by atoms with Crippen molar-refractivity contribution in [1.82, 2.24) is 19.7 Å². The highest BCUT2D eigenvalue weighted by Crippen LogP contribution is 2.30. The Morgan fingerprint density at radius 3 is 2.69 bits per heavy atom. The van der Waals surface area contributed by atoms with Crippen molar-refractivity contribution in [3.63, 3.8) is 0 Å². The molecule has 0 aliphatic rings. The zero-order valence-electron chi connectivity index (χ0n) is 15.3. The van der Waals surface area contributed by atoms with Crippen molar-refractivity contribution < 1.29 is 4.42 Å². The van der Waals surface area contributed by atoms with Crippen molar-refractivity contribution in [3.8, 4) is 22.0 Å². The average Bonchev–Trinajstić information content (AvgIpc) is 3.55. The van der Waals surface area contributed by atoms with Crippen molar-refractivity contribution >= 4 is 34.4 Å². The van der Waals surface area contributed by atoms with Crippen molar-refractivity contribution in [3.05, 3.63) is 82.4 Å². The predicted molar refractivity (Wildman–Crippen MR) is 118 cm³/mol. The molecule has 0 saturated carbocycles. The highest BCUT2D eigenvalue weighted by molar-refractivity contribution is 7.98. The summed E-state index contributed by atoms with van der Waals surface area (Å²) < 4.78 is 7.67. The number of thiophene rings is 1. The van der Waals surface area contributed by atoms with Crippen LogP contribution in [0.1, 0.15) is 11.5 Å². The van der Waals surface area contributed by atoms with Crippen LogP contribution in [0.4, 0.5) is 0 Å². The largest absolute Gasteiger partial charge is 0.467 e. The van der Waals surface area contributed by atoms with Gasteiger partial charge in [0, 0.05) is 27.6 Å². The topological polar surface area (TPSA) is 56.7 Å². The van der Waals surface area contributed by atoms with Gasteiger partial charge in [0.05, 0.1) is 18.5 Å². The quantitative estimate of drug-likeness (QED) is 0.290. The lowest BCUT2D eigenvalue weighted by atomic mass is 10.2. The molecule has 144 valence electrons. The number of thioether (sulfide) groups is 1. The molecule has 0 aliphatic heterocycles. The number of hydrogen-bond donors (Lipinski definition) is 0. The molecular weight excluding hydrogens is 420 g/mol. The first-order valence-electron chi connectivity index (χ1n) is 8.97. The fourth-order valence-electron chi connectivity index (χ4n) is 2.93. The van der Waals surface area contributed by atoms with Crippen LogP contribution in [-0.4, -0.2) is 19.7 Å². The normalized spacial score (nSPS) is 11.2. The number of hydrogen-bond acceptors (Lipinski definition) is 7. The standard InChI is InChI=1S/C21H16N4OS3/c1-2-5-15(6-3-1)19-23-24-21(25(19)11-18-7-4-9-26-18)29-14-17-13-28-20(22-17)16-8-10-27-12-16/h1-10,12-13H,11,14H2. The molecule has 0 radical (unpaired) electrons. The fourth-order valence-corrected chi connectivity index (χ4v) is 5.40. The summed E-state index contributed by atoms with van der Waals surface area (Å²) >= 11 is 5.01. The van der Waals surface area contributed by atoms with Crippen LogP contribution in [0.25, 0.3) is 22.0 Å². The highest BCUT2D eigenvalue weighted by atomic mass is 32.2. The molecule has 5 rings (SSSR count). The number of rotatable bonds is 7. The maximum Gasteiger partial charge on any atom is 0.192 e. The third-order valence-corrected chi connectivity index (χ3v) is 6.94. The van der Waals surface area contributed by atoms with Crippen molar-refractivity contribution in [2.24, 2.45) is 0 Å². The summed E-state index contributed by atoms with van der Waals surface area (Å²) in [7, 11) is 0. The summed E-state index contributed by atoms with van der Waals surface area (Å²) in [5.41, 5.74) is 3.27. The molecule has 1 aromatic carbocycles. The van der Waals surface area contributed by atoms with E-state index in [0.29, 0.717) is 6.54 Å². The summed E-state index contributed by atoms with van der Waals surface area (Å²) in [5, 5.41) is 17.1. The monoisotopic (exact) mass is 436 g/mol. The summed E-state index contributed by atoms with van der Waals surface area (Å²) in [6.07, 6.45) is 1.69. The first kappa shape index (κ1) is 18.4. The Balaban J connectivity index is 1.40. The first-order chi connectivity index (χ1) is 14.4. The molecule has 0 fully saturated rings. The number of aromatic nitrogens is 4. The lowest BCUT2D eigenvalue weighted by Crippen LogP contribution is -2.03. The van der Waals surface area contributed by atoms with Crippen LogP contribution < -0.4 is 0 Å². The van der Waals surface area contributed by atoms with Gasteiger partial charge < -0.3 is 4.42 Å². The third-order valence-electron chi connectivity index (χ3n) is 4.31. The van der Waals surface area contributed by atoms with Crippen LogP contribution in [0, 0.1) is 0 Å². The SMILES string of the molecule is c1ccc(-c2nnc(SCc3csc(-c4ccsc4)n3)n2Cc2ccco2)cc1. The maximum atomic E-state index is 5.56. The van der Waals surface area contributed by atoms with E-state index in [1.54, 1.807) is 40.7 Å². The number of benzene rings is 1. The van der Waals surface area contributed by atoms with E-state index in [-0.39, 0.29) is 0 Å². The lowest BCUT2D eigenvalue weighted by Gasteiger charge is -2.08. The van der Waals surface area contributed by atoms with Gasteiger partial charge in [0.15, 0.2) is 11.0 Å². The molecular formula is C21H16N4OS3. The third kappa shape index (κ3) is 4.05. The van der Waals surface area contributed by atoms with Gasteiger partial charge >= 0.3 is 0 Å². The van der Waals surface area contributed by atoms with E-state index in [4.69, 9.17) is 9.40 Å². The van der Waals surface area contributed by atoms with Crippen LogP contribution >= 0.6 is 34.4 Å².